The Morgan fingerprint density at radius 3 is 2.67 bits per heavy atom. The molecule has 1 aromatic carbocycles. The molecule has 4 rings (SSSR count). The summed E-state index contributed by atoms with van der Waals surface area (Å²) in [4.78, 5) is 31.5. The third kappa shape index (κ3) is 5.52. The van der Waals surface area contributed by atoms with E-state index >= 15 is 0 Å². The maximum absolute atomic E-state index is 13.6. The molecule has 1 aliphatic heterocycles. The predicted octanol–water partition coefficient (Wildman–Crippen LogP) is 4.55. The Hall–Kier alpha value is -2.54. The van der Waals surface area contributed by atoms with Crippen LogP contribution in [0.2, 0.25) is 0 Å². The summed E-state index contributed by atoms with van der Waals surface area (Å²) >= 11 is 1.73. The summed E-state index contributed by atoms with van der Waals surface area (Å²) < 4.78 is 11.6. The minimum absolute atomic E-state index is 0.00206. The fourth-order valence-electron chi connectivity index (χ4n) is 4.36. The van der Waals surface area contributed by atoms with Gasteiger partial charge in [0.2, 0.25) is 11.8 Å². The molecule has 1 fully saturated rings. The fraction of sp³-hybridized carbons (Fsp3) is 0.538. The van der Waals surface area contributed by atoms with Gasteiger partial charge >= 0.3 is 0 Å². The van der Waals surface area contributed by atoms with E-state index in [2.05, 4.69) is 25.3 Å². The van der Waals surface area contributed by atoms with Crippen LogP contribution in [0.4, 0.5) is 0 Å². The zero-order valence-corrected chi connectivity index (χ0v) is 20.6. The van der Waals surface area contributed by atoms with Crippen molar-refractivity contribution in [2.75, 3.05) is 33.4 Å². The maximum atomic E-state index is 13.6. The molecule has 2 amide bonds. The molecule has 6 nitrogen and oxygen atoms in total. The van der Waals surface area contributed by atoms with E-state index in [0.29, 0.717) is 37.1 Å². The molecule has 2 aliphatic rings. The number of hydrogen-bond acceptors (Lipinski definition) is 5. The van der Waals surface area contributed by atoms with Gasteiger partial charge in [0.05, 0.1) is 19.7 Å². The number of benzene rings is 1. The first-order valence-electron chi connectivity index (χ1n) is 11.9. The summed E-state index contributed by atoms with van der Waals surface area (Å²) in [5.41, 5.74) is 1.15. The van der Waals surface area contributed by atoms with E-state index in [1.807, 2.05) is 29.2 Å². The van der Waals surface area contributed by atoms with Gasteiger partial charge in [-0.25, -0.2) is 0 Å². The van der Waals surface area contributed by atoms with Crippen molar-refractivity contribution >= 4 is 23.2 Å². The third-order valence-corrected chi connectivity index (χ3v) is 7.67. The first-order valence-corrected chi connectivity index (χ1v) is 12.8. The number of methoxy groups -OCH3 is 1. The van der Waals surface area contributed by atoms with Gasteiger partial charge in [0, 0.05) is 23.9 Å². The van der Waals surface area contributed by atoms with Gasteiger partial charge in [-0.2, -0.15) is 0 Å². The van der Waals surface area contributed by atoms with Crippen molar-refractivity contribution in [1.29, 1.82) is 0 Å². The highest BCUT2D eigenvalue weighted by molar-refractivity contribution is 7.10. The van der Waals surface area contributed by atoms with E-state index in [4.69, 9.17) is 9.47 Å². The van der Waals surface area contributed by atoms with Crippen LogP contribution in [-0.2, 0) is 16.0 Å². The Balaban J connectivity index is 1.51. The number of fused-ring (bicyclic) bond motifs is 1. The Morgan fingerprint density at radius 1 is 1.21 bits per heavy atom. The van der Waals surface area contributed by atoms with Crippen LogP contribution in [0.15, 0.2) is 35.7 Å². The molecule has 1 aliphatic carbocycles. The van der Waals surface area contributed by atoms with Gasteiger partial charge < -0.3 is 19.3 Å². The Kier molecular flexibility index (Phi) is 7.58. The summed E-state index contributed by atoms with van der Waals surface area (Å²) in [6.45, 7) is 6.03. The number of rotatable bonds is 10. The molecule has 2 atom stereocenters. The summed E-state index contributed by atoms with van der Waals surface area (Å²) in [5, 5.41) is 2.08. The molecule has 0 unspecified atom stereocenters. The van der Waals surface area contributed by atoms with Crippen molar-refractivity contribution in [3.05, 3.63) is 46.2 Å². The Bertz CT molecular complexity index is 971. The Labute approximate surface area is 200 Å². The largest absolute Gasteiger partial charge is 0.493 e. The number of thiophene rings is 1. The van der Waals surface area contributed by atoms with Gasteiger partial charge in [-0.1, -0.05) is 32.4 Å². The molecule has 7 heteroatoms. The number of carbonyl (C=O) groups excluding carboxylic acids is 2. The number of hydrogen-bond donors (Lipinski definition) is 0. The van der Waals surface area contributed by atoms with Gasteiger partial charge in [0.25, 0.3) is 0 Å². The molecule has 33 heavy (non-hydrogen) atoms. The van der Waals surface area contributed by atoms with Crippen molar-refractivity contribution in [2.24, 2.45) is 11.8 Å². The van der Waals surface area contributed by atoms with Crippen LogP contribution in [-0.4, -0.2) is 55.0 Å². The lowest BCUT2D eigenvalue weighted by Gasteiger charge is -2.37. The lowest BCUT2D eigenvalue weighted by Crippen LogP contribution is -2.48. The van der Waals surface area contributed by atoms with Crippen LogP contribution in [0.25, 0.3) is 0 Å². The van der Waals surface area contributed by atoms with Gasteiger partial charge in [-0.3, -0.25) is 9.59 Å². The van der Waals surface area contributed by atoms with Crippen molar-refractivity contribution in [1.82, 2.24) is 9.80 Å². The number of amides is 2. The normalized spacial score (nSPS) is 18.4. The van der Waals surface area contributed by atoms with Crippen molar-refractivity contribution < 1.29 is 19.1 Å². The van der Waals surface area contributed by atoms with E-state index in [1.54, 1.807) is 23.3 Å². The molecule has 0 N–H and O–H groups in total. The molecule has 0 spiro atoms. The highest BCUT2D eigenvalue weighted by atomic mass is 32.1. The zero-order valence-electron chi connectivity index (χ0n) is 19.8. The summed E-state index contributed by atoms with van der Waals surface area (Å²) in [7, 11) is 1.62. The average Bonchev–Trinajstić information content (AvgIpc) is 3.58. The third-order valence-electron chi connectivity index (χ3n) is 6.67. The Morgan fingerprint density at radius 2 is 1.97 bits per heavy atom. The van der Waals surface area contributed by atoms with E-state index < -0.39 is 0 Å². The van der Waals surface area contributed by atoms with Crippen LogP contribution < -0.4 is 9.47 Å². The smallest absolute Gasteiger partial charge is 0.242 e. The molecular formula is C26H34N2O4S. The van der Waals surface area contributed by atoms with E-state index in [0.717, 1.165) is 31.2 Å². The van der Waals surface area contributed by atoms with Gasteiger partial charge in [-0.05, 0) is 54.3 Å². The van der Waals surface area contributed by atoms with E-state index in [9.17, 15) is 9.59 Å². The van der Waals surface area contributed by atoms with Crippen LogP contribution in [0.5, 0.6) is 11.5 Å². The summed E-state index contributed by atoms with van der Waals surface area (Å²) in [6, 6.07) is 9.48. The topological polar surface area (TPSA) is 59.1 Å². The molecule has 178 valence electrons. The quantitative estimate of drug-likeness (QED) is 0.511. The van der Waals surface area contributed by atoms with E-state index in [1.165, 1.54) is 4.88 Å². The summed E-state index contributed by atoms with van der Waals surface area (Å²) in [6.07, 6.45) is 3.72. The van der Waals surface area contributed by atoms with Gasteiger partial charge in [0.1, 0.15) is 6.61 Å². The molecule has 0 bridgehead atoms. The number of ether oxygens (including phenoxy) is 2. The minimum Gasteiger partial charge on any atom is -0.493 e. The fourth-order valence-corrected chi connectivity index (χ4v) is 5.29. The SMILES string of the molecule is CC[C@H](C)CN(CC(=O)N1CCc2sccc2[C@@H]1COc1ccccc1OC)C(=O)C1CC1. The second kappa shape index (κ2) is 10.6. The van der Waals surface area contributed by atoms with Crippen molar-refractivity contribution in [3.63, 3.8) is 0 Å². The summed E-state index contributed by atoms with van der Waals surface area (Å²) in [5.74, 6) is 1.95. The highest BCUT2D eigenvalue weighted by Gasteiger charge is 2.37. The molecule has 2 heterocycles. The van der Waals surface area contributed by atoms with E-state index in [-0.39, 0.29) is 30.3 Å². The zero-order chi connectivity index (χ0) is 23.4. The molecule has 1 aromatic heterocycles. The van der Waals surface area contributed by atoms with Crippen LogP contribution in [0, 0.1) is 11.8 Å². The second-order valence-electron chi connectivity index (χ2n) is 9.12. The van der Waals surface area contributed by atoms with Gasteiger partial charge in [-0.15, -0.1) is 11.3 Å². The monoisotopic (exact) mass is 470 g/mol. The number of carbonyl (C=O) groups is 2. The lowest BCUT2D eigenvalue weighted by atomic mass is 10.00. The first kappa shape index (κ1) is 23.6. The second-order valence-corrected chi connectivity index (χ2v) is 10.1. The van der Waals surface area contributed by atoms with Crippen LogP contribution in [0.1, 0.15) is 49.6 Å². The highest BCUT2D eigenvalue weighted by Crippen LogP contribution is 2.36. The minimum atomic E-state index is -0.182. The molecule has 1 saturated carbocycles. The van der Waals surface area contributed by atoms with Crippen LogP contribution in [0.3, 0.4) is 0 Å². The average molecular weight is 471 g/mol. The lowest BCUT2D eigenvalue weighted by molar-refractivity contribution is -0.143. The number of para-hydroxylation sites is 2. The maximum Gasteiger partial charge on any atom is 0.242 e. The number of nitrogens with zero attached hydrogens (tertiary/aromatic N) is 2. The molecular weight excluding hydrogens is 436 g/mol. The predicted molar refractivity (Wildman–Crippen MR) is 130 cm³/mol. The van der Waals surface area contributed by atoms with Gasteiger partial charge in [0.15, 0.2) is 11.5 Å². The first-order chi connectivity index (χ1) is 16.0. The molecule has 2 aromatic rings. The standard InChI is InChI=1S/C26H34N2O4S/c1-4-18(2)15-27(26(30)19-9-10-19)16-25(29)28-13-11-24-20(12-14-33-24)21(28)17-32-23-8-6-5-7-22(23)31-3/h5-8,12,14,18-19,21H,4,9-11,13,15-17H2,1-3H3/t18-,21-/m0/s1. The van der Waals surface area contributed by atoms with Crippen molar-refractivity contribution in [2.45, 2.75) is 45.6 Å². The van der Waals surface area contributed by atoms with Crippen LogP contribution >= 0.6 is 11.3 Å². The van der Waals surface area contributed by atoms with Crippen molar-refractivity contribution in [3.8, 4) is 11.5 Å². The molecule has 0 radical (unpaired) electrons. The molecule has 0 saturated heterocycles.